The molecule has 0 bridgehead atoms. The molecule has 82 valence electrons. The highest BCUT2D eigenvalue weighted by atomic mass is 16.5. The average Bonchev–Trinajstić information content (AvgIpc) is 2.27. The van der Waals surface area contributed by atoms with Crippen LogP contribution in [0.1, 0.15) is 12.0 Å². The van der Waals surface area contributed by atoms with Crippen LogP contribution in [0.4, 0.5) is 0 Å². The first-order valence-electron chi connectivity index (χ1n) is 4.60. The summed E-state index contributed by atoms with van der Waals surface area (Å²) >= 11 is 0. The van der Waals surface area contributed by atoms with Crippen molar-refractivity contribution in [1.29, 1.82) is 0 Å². The largest absolute Gasteiger partial charge is 0.508 e. The summed E-state index contributed by atoms with van der Waals surface area (Å²) in [6.45, 7) is 0. The second kappa shape index (κ2) is 5.24. The van der Waals surface area contributed by atoms with Gasteiger partial charge in [0.05, 0.1) is 14.2 Å². The molecular weight excluding hydrogens is 196 g/mol. The molecule has 0 aliphatic carbocycles. The zero-order valence-electron chi connectivity index (χ0n) is 8.82. The number of carbonyl (C=O) groups excluding carboxylic acids is 1. The normalized spacial score (nSPS) is 9.73. The Hall–Kier alpha value is -1.71. The minimum absolute atomic E-state index is 0.120. The molecule has 15 heavy (non-hydrogen) atoms. The molecule has 1 N–H and O–H groups in total. The summed E-state index contributed by atoms with van der Waals surface area (Å²) in [6, 6.07) is 3.16. The topological polar surface area (TPSA) is 55.8 Å². The Kier molecular flexibility index (Phi) is 3.97. The van der Waals surface area contributed by atoms with Gasteiger partial charge in [0.2, 0.25) is 0 Å². The van der Waals surface area contributed by atoms with Crippen molar-refractivity contribution in [3.63, 3.8) is 0 Å². The number of aryl methyl sites for hydroxylation is 1. The highest BCUT2D eigenvalue weighted by molar-refractivity contribution is 5.54. The number of benzene rings is 1. The van der Waals surface area contributed by atoms with Crippen molar-refractivity contribution >= 4 is 6.29 Å². The van der Waals surface area contributed by atoms with Crippen molar-refractivity contribution in [2.75, 3.05) is 14.2 Å². The SMILES string of the molecule is COc1cc(O)c(CCC=O)cc1OC. The number of rotatable bonds is 5. The minimum Gasteiger partial charge on any atom is -0.508 e. The highest BCUT2D eigenvalue weighted by Crippen LogP contribution is 2.34. The number of hydrogen-bond donors (Lipinski definition) is 1. The van der Waals surface area contributed by atoms with Crippen LogP contribution in [0.2, 0.25) is 0 Å². The van der Waals surface area contributed by atoms with Gasteiger partial charge in [-0.3, -0.25) is 0 Å². The van der Waals surface area contributed by atoms with Crippen LogP contribution in [0.5, 0.6) is 17.2 Å². The Morgan fingerprint density at radius 1 is 1.27 bits per heavy atom. The summed E-state index contributed by atoms with van der Waals surface area (Å²) in [5.74, 6) is 1.15. The fourth-order valence-electron chi connectivity index (χ4n) is 1.33. The van der Waals surface area contributed by atoms with Gasteiger partial charge >= 0.3 is 0 Å². The van der Waals surface area contributed by atoms with Gasteiger partial charge in [0, 0.05) is 12.5 Å². The van der Waals surface area contributed by atoms with Crippen LogP contribution >= 0.6 is 0 Å². The zero-order chi connectivity index (χ0) is 11.3. The van der Waals surface area contributed by atoms with E-state index >= 15 is 0 Å². The number of methoxy groups -OCH3 is 2. The summed E-state index contributed by atoms with van der Waals surface area (Å²) in [6.07, 6.45) is 1.69. The van der Waals surface area contributed by atoms with Gasteiger partial charge in [-0.15, -0.1) is 0 Å². The average molecular weight is 210 g/mol. The molecule has 0 unspecified atom stereocenters. The fourth-order valence-corrected chi connectivity index (χ4v) is 1.33. The van der Waals surface area contributed by atoms with Crippen LogP contribution in [0.3, 0.4) is 0 Å². The number of aldehydes is 1. The standard InChI is InChI=1S/C11H14O4/c1-14-10-6-8(4-3-5-12)9(13)7-11(10)15-2/h5-7,13H,3-4H2,1-2H3. The minimum atomic E-state index is 0.120. The van der Waals surface area contributed by atoms with Gasteiger partial charge in [0.25, 0.3) is 0 Å². The van der Waals surface area contributed by atoms with E-state index in [9.17, 15) is 9.90 Å². The Morgan fingerprint density at radius 2 is 1.87 bits per heavy atom. The lowest BCUT2D eigenvalue weighted by molar-refractivity contribution is -0.107. The number of carbonyl (C=O) groups is 1. The molecule has 0 radical (unpaired) electrons. The predicted octanol–water partition coefficient (Wildman–Crippen LogP) is 1.54. The summed E-state index contributed by atoms with van der Waals surface area (Å²) in [4.78, 5) is 10.2. The van der Waals surface area contributed by atoms with Crippen LogP contribution in [0.25, 0.3) is 0 Å². The van der Waals surface area contributed by atoms with Crippen LogP contribution in [0, 0.1) is 0 Å². The third kappa shape index (κ3) is 2.62. The third-order valence-electron chi connectivity index (χ3n) is 2.12. The van der Waals surface area contributed by atoms with E-state index in [1.54, 1.807) is 6.07 Å². The predicted molar refractivity (Wildman–Crippen MR) is 55.6 cm³/mol. The second-order valence-corrected chi connectivity index (χ2v) is 3.04. The number of ether oxygens (including phenoxy) is 2. The van der Waals surface area contributed by atoms with E-state index in [4.69, 9.17) is 9.47 Å². The molecule has 1 aromatic carbocycles. The summed E-state index contributed by atoms with van der Waals surface area (Å²) in [5.41, 5.74) is 0.680. The highest BCUT2D eigenvalue weighted by Gasteiger charge is 2.09. The van der Waals surface area contributed by atoms with E-state index < -0.39 is 0 Å². The second-order valence-electron chi connectivity index (χ2n) is 3.04. The van der Waals surface area contributed by atoms with Gasteiger partial charge in [-0.25, -0.2) is 0 Å². The molecule has 0 fully saturated rings. The van der Waals surface area contributed by atoms with Crippen molar-refractivity contribution in [3.05, 3.63) is 17.7 Å². The van der Waals surface area contributed by atoms with Crippen molar-refractivity contribution < 1.29 is 19.4 Å². The number of aromatic hydroxyl groups is 1. The molecule has 1 rings (SSSR count). The molecule has 0 heterocycles. The molecule has 0 atom stereocenters. The van der Waals surface area contributed by atoms with E-state index in [2.05, 4.69) is 0 Å². The van der Waals surface area contributed by atoms with E-state index in [1.807, 2.05) is 0 Å². The molecule has 4 nitrogen and oxygen atoms in total. The van der Waals surface area contributed by atoms with Crippen molar-refractivity contribution in [2.45, 2.75) is 12.8 Å². The van der Waals surface area contributed by atoms with Gasteiger partial charge in [0.1, 0.15) is 12.0 Å². The maximum absolute atomic E-state index is 10.2. The number of phenols is 1. The van der Waals surface area contributed by atoms with Crippen molar-refractivity contribution in [1.82, 2.24) is 0 Å². The molecular formula is C11H14O4. The van der Waals surface area contributed by atoms with Crippen molar-refractivity contribution in [3.8, 4) is 17.2 Å². The molecule has 1 aromatic rings. The molecule has 0 aromatic heterocycles. The maximum atomic E-state index is 10.2. The first-order chi connectivity index (χ1) is 7.22. The monoisotopic (exact) mass is 210 g/mol. The lowest BCUT2D eigenvalue weighted by Gasteiger charge is -2.10. The van der Waals surface area contributed by atoms with Gasteiger partial charge in [-0.05, 0) is 18.1 Å². The van der Waals surface area contributed by atoms with Crippen molar-refractivity contribution in [2.24, 2.45) is 0 Å². The van der Waals surface area contributed by atoms with Gasteiger partial charge in [0.15, 0.2) is 11.5 Å². The molecule has 0 spiro atoms. The number of hydrogen-bond acceptors (Lipinski definition) is 4. The lowest BCUT2D eigenvalue weighted by atomic mass is 10.1. The molecule has 0 aliphatic heterocycles. The first kappa shape index (κ1) is 11.4. The van der Waals surface area contributed by atoms with E-state index in [0.29, 0.717) is 29.9 Å². The summed E-state index contributed by atoms with van der Waals surface area (Å²) < 4.78 is 10.1. The van der Waals surface area contributed by atoms with E-state index in [1.165, 1.54) is 20.3 Å². The Labute approximate surface area is 88.4 Å². The van der Waals surface area contributed by atoms with Crippen LogP contribution in [-0.2, 0) is 11.2 Å². The Morgan fingerprint density at radius 3 is 2.40 bits per heavy atom. The van der Waals surface area contributed by atoms with Gasteiger partial charge in [-0.2, -0.15) is 0 Å². The molecule has 0 amide bonds. The molecule has 0 aliphatic rings. The summed E-state index contributed by atoms with van der Waals surface area (Å²) in [5, 5.41) is 9.62. The van der Waals surface area contributed by atoms with Crippen LogP contribution in [-0.4, -0.2) is 25.6 Å². The maximum Gasteiger partial charge on any atom is 0.164 e. The third-order valence-corrected chi connectivity index (χ3v) is 2.12. The zero-order valence-corrected chi connectivity index (χ0v) is 8.82. The summed E-state index contributed by atoms with van der Waals surface area (Å²) in [7, 11) is 3.03. The quantitative estimate of drug-likeness (QED) is 0.749. The Bertz CT molecular complexity index is 347. The fraction of sp³-hybridized carbons (Fsp3) is 0.364. The van der Waals surface area contributed by atoms with Crippen LogP contribution < -0.4 is 9.47 Å². The van der Waals surface area contributed by atoms with E-state index in [0.717, 1.165) is 6.29 Å². The smallest absolute Gasteiger partial charge is 0.164 e. The van der Waals surface area contributed by atoms with E-state index in [-0.39, 0.29) is 5.75 Å². The Balaban J connectivity index is 3.02. The van der Waals surface area contributed by atoms with Gasteiger partial charge in [-0.1, -0.05) is 0 Å². The molecule has 0 saturated heterocycles. The molecule has 4 heteroatoms. The first-order valence-corrected chi connectivity index (χ1v) is 4.60. The number of phenolic OH excluding ortho intramolecular Hbond substituents is 1. The van der Waals surface area contributed by atoms with Crippen LogP contribution in [0.15, 0.2) is 12.1 Å². The molecule has 0 saturated carbocycles. The lowest BCUT2D eigenvalue weighted by Crippen LogP contribution is -1.94. The van der Waals surface area contributed by atoms with Gasteiger partial charge < -0.3 is 19.4 Å².